The molecule has 0 saturated carbocycles. The smallest absolute Gasteiger partial charge is 0.328 e. The van der Waals surface area contributed by atoms with Crippen LogP contribution in [0.5, 0.6) is 0 Å². The van der Waals surface area contributed by atoms with E-state index in [-0.39, 0.29) is 0 Å². The third kappa shape index (κ3) is 3.00. The maximum atomic E-state index is 10.6. The van der Waals surface area contributed by atoms with E-state index in [2.05, 4.69) is 15.8 Å². The molecule has 1 rings (SSSR count). The molecule has 1 aliphatic heterocycles. The van der Waals surface area contributed by atoms with E-state index in [9.17, 15) is 4.79 Å². The monoisotopic (exact) mass is 189 g/mol. The van der Waals surface area contributed by atoms with E-state index in [0.717, 1.165) is 5.75 Å². The van der Waals surface area contributed by atoms with Gasteiger partial charge in [0.05, 0.1) is 0 Å². The lowest BCUT2D eigenvalue weighted by Crippen LogP contribution is -2.19. The van der Waals surface area contributed by atoms with E-state index in [0.29, 0.717) is 12.4 Å². The summed E-state index contributed by atoms with van der Waals surface area (Å²) < 4.78 is 0. The lowest BCUT2D eigenvalue weighted by Gasteiger charge is -2.03. The van der Waals surface area contributed by atoms with Crippen molar-refractivity contribution in [1.82, 2.24) is 10.9 Å². The fourth-order valence-electron chi connectivity index (χ4n) is 0.721. The molecule has 0 aliphatic carbocycles. The molecular formula is C6H11N3O2S. The molecule has 5 nitrogen and oxygen atoms in total. The molecule has 1 aliphatic rings. The van der Waals surface area contributed by atoms with Crippen LogP contribution in [0.4, 0.5) is 0 Å². The third-order valence-corrected chi connectivity index (χ3v) is 2.05. The first-order valence-electron chi connectivity index (χ1n) is 3.55. The van der Waals surface area contributed by atoms with E-state index in [1.165, 1.54) is 0 Å². The summed E-state index contributed by atoms with van der Waals surface area (Å²) in [5.74, 6) is 0.517. The zero-order chi connectivity index (χ0) is 8.97. The van der Waals surface area contributed by atoms with Crippen LogP contribution in [-0.4, -0.2) is 35.1 Å². The standard InChI is InChI=1S/C6H11N3O2S/c1-12-3-2-4(5(10)11)7-6-8-9-6/h4H,2-3H2,1H3,(H,10,11)(H2,7,8,9). The van der Waals surface area contributed by atoms with Gasteiger partial charge in [-0.05, 0) is 18.4 Å². The van der Waals surface area contributed by atoms with Gasteiger partial charge in [-0.2, -0.15) is 11.8 Å². The van der Waals surface area contributed by atoms with Crippen LogP contribution in [0.3, 0.4) is 0 Å². The summed E-state index contributed by atoms with van der Waals surface area (Å²) in [6.07, 6.45) is 2.52. The van der Waals surface area contributed by atoms with Gasteiger partial charge in [-0.15, -0.1) is 0 Å². The highest BCUT2D eigenvalue weighted by atomic mass is 32.2. The van der Waals surface area contributed by atoms with Crippen molar-refractivity contribution in [2.45, 2.75) is 12.5 Å². The maximum absolute atomic E-state index is 10.6. The first-order chi connectivity index (χ1) is 5.74. The fourth-order valence-corrected chi connectivity index (χ4v) is 1.18. The number of nitrogens with zero attached hydrogens (tertiary/aromatic N) is 1. The van der Waals surface area contributed by atoms with Crippen LogP contribution >= 0.6 is 11.8 Å². The minimum atomic E-state index is -0.868. The second-order valence-electron chi connectivity index (χ2n) is 2.36. The first kappa shape index (κ1) is 9.18. The minimum Gasteiger partial charge on any atom is -0.480 e. The number of aliphatic carboxylic acids is 1. The Morgan fingerprint density at radius 1 is 1.75 bits per heavy atom. The molecule has 1 saturated heterocycles. The Morgan fingerprint density at radius 2 is 2.42 bits per heavy atom. The lowest BCUT2D eigenvalue weighted by molar-refractivity contribution is -0.138. The predicted molar refractivity (Wildman–Crippen MR) is 48.1 cm³/mol. The maximum Gasteiger partial charge on any atom is 0.328 e. The molecule has 0 bridgehead atoms. The molecule has 3 N–H and O–H groups in total. The highest BCUT2D eigenvalue weighted by molar-refractivity contribution is 7.98. The summed E-state index contributed by atoms with van der Waals surface area (Å²) in [6, 6.07) is -0.616. The van der Waals surface area contributed by atoms with Crippen molar-refractivity contribution in [2.24, 2.45) is 4.99 Å². The van der Waals surface area contributed by atoms with E-state index < -0.39 is 12.0 Å². The molecule has 1 unspecified atom stereocenters. The fraction of sp³-hybridized carbons (Fsp3) is 0.667. The molecule has 0 aromatic rings. The van der Waals surface area contributed by atoms with Gasteiger partial charge in [0.2, 0.25) is 5.96 Å². The van der Waals surface area contributed by atoms with Crippen molar-refractivity contribution in [3.05, 3.63) is 0 Å². The summed E-state index contributed by atoms with van der Waals surface area (Å²) in [5, 5.41) is 8.70. The van der Waals surface area contributed by atoms with E-state index in [1.807, 2.05) is 6.26 Å². The average Bonchev–Trinajstić information content (AvgIpc) is 2.80. The van der Waals surface area contributed by atoms with Gasteiger partial charge in [0.25, 0.3) is 0 Å². The highest BCUT2D eigenvalue weighted by Crippen LogP contribution is 2.05. The molecule has 68 valence electrons. The zero-order valence-corrected chi connectivity index (χ0v) is 7.52. The largest absolute Gasteiger partial charge is 0.480 e. The zero-order valence-electron chi connectivity index (χ0n) is 6.70. The summed E-state index contributed by atoms with van der Waals surface area (Å²) in [6.45, 7) is 0. The van der Waals surface area contributed by atoms with Crippen LogP contribution in [0.1, 0.15) is 6.42 Å². The molecular weight excluding hydrogens is 178 g/mol. The Balaban J connectivity index is 2.37. The van der Waals surface area contributed by atoms with Crippen LogP contribution in [-0.2, 0) is 4.79 Å². The summed E-state index contributed by atoms with van der Waals surface area (Å²) in [7, 11) is 0. The second-order valence-corrected chi connectivity index (χ2v) is 3.35. The summed E-state index contributed by atoms with van der Waals surface area (Å²) in [4.78, 5) is 14.5. The van der Waals surface area contributed by atoms with Gasteiger partial charge in [0.1, 0.15) is 0 Å². The number of guanidine groups is 1. The predicted octanol–water partition coefficient (Wildman–Crippen LogP) is -0.344. The Hall–Kier alpha value is -0.910. The Labute approximate surface area is 74.6 Å². The van der Waals surface area contributed by atoms with Crippen molar-refractivity contribution in [2.75, 3.05) is 12.0 Å². The molecule has 1 heterocycles. The number of carbonyl (C=O) groups is 1. The number of carboxylic acids is 1. The molecule has 0 aromatic heterocycles. The molecule has 0 spiro atoms. The Morgan fingerprint density at radius 3 is 2.83 bits per heavy atom. The topological polar surface area (TPSA) is 93.5 Å². The van der Waals surface area contributed by atoms with Gasteiger partial charge in [0, 0.05) is 0 Å². The van der Waals surface area contributed by atoms with Crippen LogP contribution in [0.2, 0.25) is 0 Å². The SMILES string of the molecule is CSCCC(N=C1NN1)C(=O)O. The van der Waals surface area contributed by atoms with Crippen LogP contribution in [0.25, 0.3) is 0 Å². The number of thioether (sulfide) groups is 1. The normalized spacial score (nSPS) is 15.9. The van der Waals surface area contributed by atoms with E-state index >= 15 is 0 Å². The average molecular weight is 189 g/mol. The number of hydrogen-bond acceptors (Lipinski definition) is 3. The van der Waals surface area contributed by atoms with Crippen molar-refractivity contribution in [3.8, 4) is 0 Å². The lowest BCUT2D eigenvalue weighted by atomic mass is 10.2. The van der Waals surface area contributed by atoms with Crippen molar-refractivity contribution < 1.29 is 9.90 Å². The molecule has 1 atom stereocenters. The van der Waals surface area contributed by atoms with Gasteiger partial charge in [-0.3, -0.25) is 10.9 Å². The van der Waals surface area contributed by atoms with Crippen molar-refractivity contribution >= 4 is 23.7 Å². The Kier molecular flexibility index (Phi) is 3.21. The van der Waals surface area contributed by atoms with Crippen LogP contribution in [0, 0.1) is 0 Å². The van der Waals surface area contributed by atoms with Gasteiger partial charge in [0.15, 0.2) is 6.04 Å². The van der Waals surface area contributed by atoms with Crippen molar-refractivity contribution in [1.29, 1.82) is 0 Å². The highest BCUT2D eigenvalue weighted by Gasteiger charge is 2.20. The second kappa shape index (κ2) is 4.20. The van der Waals surface area contributed by atoms with Crippen LogP contribution in [0.15, 0.2) is 4.99 Å². The molecule has 12 heavy (non-hydrogen) atoms. The molecule has 1 fully saturated rings. The van der Waals surface area contributed by atoms with Crippen LogP contribution < -0.4 is 10.9 Å². The third-order valence-electron chi connectivity index (χ3n) is 1.40. The van der Waals surface area contributed by atoms with Gasteiger partial charge >= 0.3 is 5.97 Å². The molecule has 0 amide bonds. The summed E-state index contributed by atoms with van der Waals surface area (Å²) in [5.41, 5.74) is 5.25. The molecule has 6 heteroatoms. The van der Waals surface area contributed by atoms with Gasteiger partial charge in [-0.25, -0.2) is 9.79 Å². The number of hydrazine groups is 1. The molecule has 0 radical (unpaired) electrons. The van der Waals surface area contributed by atoms with E-state index in [1.54, 1.807) is 11.8 Å². The van der Waals surface area contributed by atoms with Crippen molar-refractivity contribution in [3.63, 3.8) is 0 Å². The van der Waals surface area contributed by atoms with Gasteiger partial charge < -0.3 is 5.11 Å². The summed E-state index contributed by atoms with van der Waals surface area (Å²) >= 11 is 1.62. The number of rotatable bonds is 5. The first-order valence-corrected chi connectivity index (χ1v) is 4.95. The molecule has 0 aromatic carbocycles. The number of hydrogen-bond donors (Lipinski definition) is 3. The minimum absolute atomic E-state index is 0.573. The number of nitrogens with one attached hydrogen (secondary N) is 2. The Bertz CT molecular complexity index is 201. The quantitative estimate of drug-likeness (QED) is 0.514. The van der Waals surface area contributed by atoms with E-state index in [4.69, 9.17) is 5.11 Å². The van der Waals surface area contributed by atoms with Gasteiger partial charge in [-0.1, -0.05) is 0 Å². The number of carboxylic acid groups (broad SMARTS) is 1. The number of aliphatic imine (C=N–C) groups is 1.